The molecule has 7 rings (SSSR count). The molecule has 1 saturated heterocycles. The summed E-state index contributed by atoms with van der Waals surface area (Å²) in [5.74, 6) is 1.40. The lowest BCUT2D eigenvalue weighted by atomic mass is 10.1. The molecule has 6 aromatic heterocycles. The lowest BCUT2D eigenvalue weighted by Crippen LogP contribution is -2.56. The van der Waals surface area contributed by atoms with Crippen molar-refractivity contribution < 1.29 is 0 Å². The van der Waals surface area contributed by atoms with Crippen LogP contribution < -0.4 is 10.6 Å². The summed E-state index contributed by atoms with van der Waals surface area (Å²) in [6.07, 6.45) is 8.72. The number of pyridine rings is 3. The molecule has 0 amide bonds. The molecule has 1 aliphatic rings. The SMILES string of the molecule is NC1CN(c2cncc(-c3ccc4[nH]nc(-c5nc6c(-c7cccnc7)nccc6[nH]5)c4n3)n2)C1. The number of aromatic nitrogens is 9. The average molecular weight is 461 g/mol. The highest BCUT2D eigenvalue weighted by atomic mass is 15.3. The van der Waals surface area contributed by atoms with Crippen LogP contribution in [-0.4, -0.2) is 64.2 Å². The van der Waals surface area contributed by atoms with Crippen molar-refractivity contribution in [1.29, 1.82) is 0 Å². The van der Waals surface area contributed by atoms with Gasteiger partial charge < -0.3 is 15.6 Å². The zero-order valence-corrected chi connectivity index (χ0v) is 18.4. The number of anilines is 1. The van der Waals surface area contributed by atoms with Gasteiger partial charge in [0.05, 0.1) is 34.8 Å². The first-order chi connectivity index (χ1) is 17.2. The van der Waals surface area contributed by atoms with Crippen LogP contribution in [0.5, 0.6) is 0 Å². The van der Waals surface area contributed by atoms with Crippen molar-refractivity contribution in [3.05, 3.63) is 61.3 Å². The van der Waals surface area contributed by atoms with Gasteiger partial charge in [0, 0.05) is 43.3 Å². The quantitative estimate of drug-likeness (QED) is 0.360. The smallest absolute Gasteiger partial charge is 0.161 e. The Bertz CT molecular complexity index is 1680. The molecule has 4 N–H and O–H groups in total. The summed E-state index contributed by atoms with van der Waals surface area (Å²) in [6.45, 7) is 1.55. The van der Waals surface area contributed by atoms with E-state index in [1.807, 2.05) is 30.3 Å². The molecule has 1 aliphatic heterocycles. The Labute approximate surface area is 198 Å². The predicted octanol–water partition coefficient (Wildman–Crippen LogP) is 2.56. The summed E-state index contributed by atoms with van der Waals surface area (Å²) in [5, 5.41) is 7.55. The summed E-state index contributed by atoms with van der Waals surface area (Å²) in [4.78, 5) is 33.0. The van der Waals surface area contributed by atoms with E-state index in [4.69, 9.17) is 20.7 Å². The van der Waals surface area contributed by atoms with Gasteiger partial charge in [0.15, 0.2) is 11.5 Å². The van der Waals surface area contributed by atoms with Gasteiger partial charge in [-0.1, -0.05) is 0 Å². The number of imidazole rings is 1. The molecule has 7 heterocycles. The first-order valence-corrected chi connectivity index (χ1v) is 11.2. The third kappa shape index (κ3) is 3.28. The molecule has 1 fully saturated rings. The number of nitrogens with two attached hydrogens (primary N) is 1. The van der Waals surface area contributed by atoms with Gasteiger partial charge in [0.2, 0.25) is 0 Å². The van der Waals surface area contributed by atoms with E-state index in [2.05, 4.69) is 35.0 Å². The molecule has 11 heteroatoms. The number of nitrogens with one attached hydrogen (secondary N) is 2. The third-order valence-electron chi connectivity index (χ3n) is 6.09. The monoisotopic (exact) mass is 461 g/mol. The largest absolute Gasteiger partial charge is 0.352 e. The number of nitrogens with zero attached hydrogens (tertiary/aromatic N) is 8. The van der Waals surface area contributed by atoms with Crippen LogP contribution in [0, 0.1) is 0 Å². The Kier molecular flexibility index (Phi) is 4.29. The molecule has 0 spiro atoms. The van der Waals surface area contributed by atoms with Crippen LogP contribution in [0.3, 0.4) is 0 Å². The van der Waals surface area contributed by atoms with Crippen molar-refractivity contribution in [2.45, 2.75) is 6.04 Å². The molecule has 0 unspecified atom stereocenters. The van der Waals surface area contributed by atoms with Crippen molar-refractivity contribution >= 4 is 27.9 Å². The zero-order chi connectivity index (χ0) is 23.4. The van der Waals surface area contributed by atoms with Gasteiger partial charge in [0.25, 0.3) is 0 Å². The minimum atomic E-state index is 0.182. The van der Waals surface area contributed by atoms with Crippen molar-refractivity contribution in [2.75, 3.05) is 18.0 Å². The molecule has 35 heavy (non-hydrogen) atoms. The third-order valence-corrected chi connectivity index (χ3v) is 6.09. The Morgan fingerprint density at radius 2 is 1.74 bits per heavy atom. The van der Waals surface area contributed by atoms with E-state index in [1.54, 1.807) is 31.0 Å². The second-order valence-electron chi connectivity index (χ2n) is 8.48. The second-order valence-corrected chi connectivity index (χ2v) is 8.48. The van der Waals surface area contributed by atoms with E-state index < -0.39 is 0 Å². The standard InChI is InChI=1S/C24H19N11/c25-14-11-35(12-14)19-10-27-9-18(29-19)15-3-4-17-22(30-15)23(34-33-17)24-31-16-5-7-28-20(21(16)32-24)13-2-1-6-26-8-13/h1-10,14H,11-12,25H2,(H,31,32)(H,33,34). The number of aromatic amines is 2. The topological polar surface area (TPSA) is 151 Å². The molecule has 0 aliphatic carbocycles. The Morgan fingerprint density at radius 1 is 0.829 bits per heavy atom. The Balaban J connectivity index is 1.31. The van der Waals surface area contributed by atoms with Crippen LogP contribution in [0.1, 0.15) is 0 Å². The van der Waals surface area contributed by atoms with Crippen molar-refractivity contribution in [2.24, 2.45) is 5.73 Å². The number of hydrogen-bond acceptors (Lipinski definition) is 9. The molecule has 0 saturated carbocycles. The van der Waals surface area contributed by atoms with Crippen molar-refractivity contribution in [1.82, 2.24) is 45.1 Å². The fraction of sp³-hybridized carbons (Fsp3) is 0.125. The van der Waals surface area contributed by atoms with Crippen LogP contribution in [0.15, 0.2) is 61.3 Å². The van der Waals surface area contributed by atoms with Crippen LogP contribution in [0.4, 0.5) is 5.82 Å². The zero-order valence-electron chi connectivity index (χ0n) is 18.4. The molecule has 0 bridgehead atoms. The first kappa shape index (κ1) is 19.7. The van der Waals surface area contributed by atoms with Crippen LogP contribution in [0.2, 0.25) is 0 Å². The number of hydrogen-bond donors (Lipinski definition) is 3. The van der Waals surface area contributed by atoms with Crippen molar-refractivity contribution in [3.8, 4) is 34.2 Å². The van der Waals surface area contributed by atoms with E-state index in [1.165, 1.54) is 0 Å². The summed E-state index contributed by atoms with van der Waals surface area (Å²) >= 11 is 0. The summed E-state index contributed by atoms with van der Waals surface area (Å²) in [6, 6.07) is 9.76. The van der Waals surface area contributed by atoms with Crippen LogP contribution in [-0.2, 0) is 0 Å². The van der Waals surface area contributed by atoms with Gasteiger partial charge in [-0.05, 0) is 30.3 Å². The highest BCUT2D eigenvalue weighted by Gasteiger charge is 2.25. The highest BCUT2D eigenvalue weighted by Crippen LogP contribution is 2.30. The second kappa shape index (κ2) is 7.64. The summed E-state index contributed by atoms with van der Waals surface area (Å²) in [5.41, 5.74) is 12.7. The molecule has 6 aromatic rings. The lowest BCUT2D eigenvalue weighted by molar-refractivity contribution is 0.514. The average Bonchev–Trinajstić information content (AvgIpc) is 3.51. The number of fused-ring (bicyclic) bond motifs is 2. The van der Waals surface area contributed by atoms with E-state index in [-0.39, 0.29) is 6.04 Å². The van der Waals surface area contributed by atoms with Gasteiger partial charge in [-0.15, -0.1) is 0 Å². The lowest BCUT2D eigenvalue weighted by Gasteiger charge is -2.37. The molecule has 11 nitrogen and oxygen atoms in total. The fourth-order valence-corrected chi connectivity index (χ4v) is 4.30. The maximum Gasteiger partial charge on any atom is 0.161 e. The maximum atomic E-state index is 5.92. The van der Waals surface area contributed by atoms with E-state index in [0.29, 0.717) is 28.4 Å². The van der Waals surface area contributed by atoms with Gasteiger partial charge in [-0.3, -0.25) is 20.1 Å². The predicted molar refractivity (Wildman–Crippen MR) is 131 cm³/mol. The van der Waals surface area contributed by atoms with Crippen LogP contribution >= 0.6 is 0 Å². The minimum absolute atomic E-state index is 0.182. The minimum Gasteiger partial charge on any atom is -0.352 e. The van der Waals surface area contributed by atoms with Crippen LogP contribution in [0.25, 0.3) is 56.2 Å². The van der Waals surface area contributed by atoms with Gasteiger partial charge in [-0.2, -0.15) is 5.10 Å². The normalized spacial score (nSPS) is 14.0. The van der Waals surface area contributed by atoms with Gasteiger partial charge in [-0.25, -0.2) is 15.0 Å². The van der Waals surface area contributed by atoms with Gasteiger partial charge in [0.1, 0.15) is 22.5 Å². The molecule has 0 radical (unpaired) electrons. The molecular weight excluding hydrogens is 442 g/mol. The van der Waals surface area contributed by atoms with Crippen molar-refractivity contribution in [3.63, 3.8) is 0 Å². The summed E-state index contributed by atoms with van der Waals surface area (Å²) < 4.78 is 0. The van der Waals surface area contributed by atoms with E-state index >= 15 is 0 Å². The Hall–Kier alpha value is -4.77. The van der Waals surface area contributed by atoms with E-state index in [9.17, 15) is 0 Å². The Morgan fingerprint density at radius 3 is 2.60 bits per heavy atom. The van der Waals surface area contributed by atoms with Gasteiger partial charge >= 0.3 is 0 Å². The highest BCUT2D eigenvalue weighted by molar-refractivity contribution is 5.94. The first-order valence-electron chi connectivity index (χ1n) is 11.2. The van der Waals surface area contributed by atoms with E-state index in [0.717, 1.165) is 46.7 Å². The number of H-pyrrole nitrogens is 2. The fourth-order valence-electron chi connectivity index (χ4n) is 4.30. The maximum absolute atomic E-state index is 5.92. The molecule has 0 atom stereocenters. The summed E-state index contributed by atoms with van der Waals surface area (Å²) in [7, 11) is 0. The molecular formula is C24H19N11. The molecule has 170 valence electrons. The molecule has 0 aromatic carbocycles. The number of rotatable bonds is 4.